The van der Waals surface area contributed by atoms with Crippen molar-refractivity contribution >= 4 is 15.9 Å². The second-order valence-corrected chi connectivity index (χ2v) is 6.72. The molecule has 0 saturated heterocycles. The summed E-state index contributed by atoms with van der Waals surface area (Å²) >= 11 is 3.53. The van der Waals surface area contributed by atoms with Gasteiger partial charge in [0.15, 0.2) is 0 Å². The van der Waals surface area contributed by atoms with Crippen LogP contribution in [0.2, 0.25) is 0 Å². The second kappa shape index (κ2) is 6.07. The lowest BCUT2D eigenvalue weighted by Gasteiger charge is -2.31. The normalized spacial score (nSPS) is 15.3. The first-order valence-electron chi connectivity index (χ1n) is 6.35. The summed E-state index contributed by atoms with van der Waals surface area (Å²) in [6.45, 7) is 11.2. The molecule has 0 aliphatic carbocycles. The van der Waals surface area contributed by atoms with Crippen molar-refractivity contribution in [2.45, 2.75) is 46.7 Å². The quantitative estimate of drug-likeness (QED) is 0.881. The molecule has 1 aromatic rings. The molecule has 102 valence electrons. The van der Waals surface area contributed by atoms with Gasteiger partial charge >= 0.3 is 0 Å². The molecule has 2 unspecified atom stereocenters. The molecule has 0 fully saturated rings. The van der Waals surface area contributed by atoms with Crippen molar-refractivity contribution in [3.8, 4) is 5.75 Å². The summed E-state index contributed by atoms with van der Waals surface area (Å²) in [6, 6.07) is 7.00. The first-order chi connectivity index (χ1) is 8.25. The molecule has 2 nitrogen and oxygen atoms in total. The van der Waals surface area contributed by atoms with Gasteiger partial charge in [0.25, 0.3) is 0 Å². The molecular weight excluding hydrogens is 290 g/mol. The Bertz CT molecular complexity index is 398. The minimum absolute atomic E-state index is 0.262. The van der Waals surface area contributed by atoms with E-state index in [0.717, 1.165) is 10.2 Å². The lowest BCUT2D eigenvalue weighted by atomic mass is 9.87. The van der Waals surface area contributed by atoms with Crippen molar-refractivity contribution in [3.63, 3.8) is 0 Å². The van der Waals surface area contributed by atoms with Gasteiger partial charge in [-0.25, -0.2) is 0 Å². The lowest BCUT2D eigenvalue weighted by Crippen LogP contribution is -2.39. The number of halogens is 1. The second-order valence-electron chi connectivity index (χ2n) is 5.87. The molecule has 0 aliphatic rings. The molecule has 0 radical (unpaired) electrons. The summed E-state index contributed by atoms with van der Waals surface area (Å²) in [6.07, 6.45) is 0. The fraction of sp³-hybridized carbons (Fsp3) is 0.600. The van der Waals surface area contributed by atoms with E-state index >= 15 is 0 Å². The standard InChI is InChI=1S/C15H24BrNO/c1-10(17-11(2)15(3,4)5)12-7-8-14(18-6)13(16)9-12/h7-11,17H,1-6H3. The maximum absolute atomic E-state index is 5.25. The average molecular weight is 314 g/mol. The highest BCUT2D eigenvalue weighted by Crippen LogP contribution is 2.29. The Morgan fingerprint density at radius 2 is 1.83 bits per heavy atom. The predicted molar refractivity (Wildman–Crippen MR) is 81.2 cm³/mol. The highest BCUT2D eigenvalue weighted by molar-refractivity contribution is 9.10. The highest BCUT2D eigenvalue weighted by atomic mass is 79.9. The van der Waals surface area contributed by atoms with Crippen LogP contribution in [0.1, 0.15) is 46.2 Å². The molecule has 0 bridgehead atoms. The van der Waals surface area contributed by atoms with E-state index in [1.165, 1.54) is 5.56 Å². The zero-order valence-electron chi connectivity index (χ0n) is 12.2. The molecule has 1 N–H and O–H groups in total. The van der Waals surface area contributed by atoms with Crippen LogP contribution in [0.4, 0.5) is 0 Å². The summed E-state index contributed by atoms with van der Waals surface area (Å²) in [5, 5.41) is 3.64. The van der Waals surface area contributed by atoms with Gasteiger partial charge in [-0.15, -0.1) is 0 Å². The summed E-state index contributed by atoms with van der Waals surface area (Å²) in [4.78, 5) is 0. The van der Waals surface area contributed by atoms with E-state index in [1.807, 2.05) is 6.07 Å². The summed E-state index contributed by atoms with van der Waals surface area (Å²) in [5.41, 5.74) is 1.52. The molecule has 1 rings (SSSR count). The van der Waals surface area contributed by atoms with Crippen LogP contribution in [0.15, 0.2) is 22.7 Å². The molecule has 3 heteroatoms. The molecule has 18 heavy (non-hydrogen) atoms. The Balaban J connectivity index is 2.79. The van der Waals surface area contributed by atoms with Gasteiger partial charge in [0.2, 0.25) is 0 Å². The number of benzene rings is 1. The Morgan fingerprint density at radius 3 is 2.28 bits per heavy atom. The minimum Gasteiger partial charge on any atom is -0.496 e. The molecule has 0 spiro atoms. The third-order valence-electron chi connectivity index (χ3n) is 3.47. The van der Waals surface area contributed by atoms with Crippen LogP contribution in [0.3, 0.4) is 0 Å². The zero-order chi connectivity index (χ0) is 13.9. The zero-order valence-corrected chi connectivity index (χ0v) is 13.8. The van der Waals surface area contributed by atoms with Gasteiger partial charge in [-0.2, -0.15) is 0 Å². The number of nitrogens with one attached hydrogen (secondary N) is 1. The van der Waals surface area contributed by atoms with Gasteiger partial charge in [0.05, 0.1) is 11.6 Å². The van der Waals surface area contributed by atoms with Gasteiger partial charge in [-0.05, 0) is 52.9 Å². The van der Waals surface area contributed by atoms with E-state index in [9.17, 15) is 0 Å². The van der Waals surface area contributed by atoms with E-state index in [1.54, 1.807) is 7.11 Å². The molecule has 2 atom stereocenters. The average Bonchev–Trinajstić information content (AvgIpc) is 2.27. The fourth-order valence-electron chi connectivity index (χ4n) is 1.67. The van der Waals surface area contributed by atoms with E-state index in [-0.39, 0.29) is 5.41 Å². The number of methoxy groups -OCH3 is 1. The molecule has 0 aromatic heterocycles. The molecule has 0 amide bonds. The lowest BCUT2D eigenvalue weighted by molar-refractivity contribution is 0.268. The molecule has 0 saturated carbocycles. The monoisotopic (exact) mass is 313 g/mol. The summed E-state index contributed by atoms with van der Waals surface area (Å²) < 4.78 is 6.25. The number of hydrogen-bond acceptors (Lipinski definition) is 2. The van der Waals surface area contributed by atoms with Gasteiger partial charge in [-0.1, -0.05) is 26.8 Å². The largest absolute Gasteiger partial charge is 0.496 e. The SMILES string of the molecule is COc1ccc(C(C)NC(C)C(C)(C)C)cc1Br. The van der Waals surface area contributed by atoms with Crippen LogP contribution in [0.5, 0.6) is 5.75 Å². The van der Waals surface area contributed by atoms with Crippen molar-refractivity contribution in [2.24, 2.45) is 5.41 Å². The van der Waals surface area contributed by atoms with E-state index < -0.39 is 0 Å². The third-order valence-corrected chi connectivity index (χ3v) is 4.09. The van der Waals surface area contributed by atoms with Crippen LogP contribution < -0.4 is 10.1 Å². The predicted octanol–water partition coefficient (Wildman–Crippen LogP) is 4.54. The van der Waals surface area contributed by atoms with Crippen LogP contribution in [-0.4, -0.2) is 13.2 Å². The van der Waals surface area contributed by atoms with Crippen molar-refractivity contribution in [3.05, 3.63) is 28.2 Å². The Labute approximate surface area is 119 Å². The van der Waals surface area contributed by atoms with Gasteiger partial charge in [-0.3, -0.25) is 0 Å². The van der Waals surface area contributed by atoms with E-state index in [2.05, 4.69) is 68.0 Å². The van der Waals surface area contributed by atoms with Crippen LogP contribution in [0.25, 0.3) is 0 Å². The number of hydrogen-bond donors (Lipinski definition) is 1. The topological polar surface area (TPSA) is 21.3 Å². The molecular formula is C15H24BrNO. The van der Waals surface area contributed by atoms with Crippen molar-refractivity contribution in [1.82, 2.24) is 5.32 Å². The third kappa shape index (κ3) is 3.99. The maximum Gasteiger partial charge on any atom is 0.133 e. The van der Waals surface area contributed by atoms with Gasteiger partial charge in [0, 0.05) is 12.1 Å². The summed E-state index contributed by atoms with van der Waals surface area (Å²) in [5.74, 6) is 0.870. The van der Waals surface area contributed by atoms with Crippen molar-refractivity contribution in [1.29, 1.82) is 0 Å². The number of ether oxygens (including phenoxy) is 1. The van der Waals surface area contributed by atoms with Crippen LogP contribution >= 0.6 is 15.9 Å². The summed E-state index contributed by atoms with van der Waals surface area (Å²) in [7, 11) is 1.68. The van der Waals surface area contributed by atoms with Crippen molar-refractivity contribution < 1.29 is 4.74 Å². The molecule has 0 heterocycles. The van der Waals surface area contributed by atoms with Crippen molar-refractivity contribution in [2.75, 3.05) is 7.11 Å². The van der Waals surface area contributed by atoms with Crippen LogP contribution in [-0.2, 0) is 0 Å². The fourth-order valence-corrected chi connectivity index (χ4v) is 2.23. The smallest absolute Gasteiger partial charge is 0.133 e. The Morgan fingerprint density at radius 1 is 1.22 bits per heavy atom. The first-order valence-corrected chi connectivity index (χ1v) is 7.14. The Kier molecular flexibility index (Phi) is 5.23. The first kappa shape index (κ1) is 15.5. The van der Waals surface area contributed by atoms with Crippen LogP contribution in [0, 0.1) is 5.41 Å². The molecule has 1 aromatic carbocycles. The van der Waals surface area contributed by atoms with E-state index in [4.69, 9.17) is 4.74 Å². The van der Waals surface area contributed by atoms with E-state index in [0.29, 0.717) is 12.1 Å². The Hall–Kier alpha value is -0.540. The van der Waals surface area contributed by atoms with Gasteiger partial charge in [0.1, 0.15) is 5.75 Å². The highest BCUT2D eigenvalue weighted by Gasteiger charge is 2.21. The minimum atomic E-state index is 0.262. The molecule has 0 aliphatic heterocycles. The van der Waals surface area contributed by atoms with Gasteiger partial charge < -0.3 is 10.1 Å². The number of rotatable bonds is 4. The maximum atomic E-state index is 5.25.